The van der Waals surface area contributed by atoms with Gasteiger partial charge >= 0.3 is 0 Å². The Labute approximate surface area is 177 Å². The summed E-state index contributed by atoms with van der Waals surface area (Å²) in [5.74, 6) is -1.11. The van der Waals surface area contributed by atoms with E-state index in [2.05, 4.69) is 5.32 Å². The van der Waals surface area contributed by atoms with E-state index in [-0.39, 0.29) is 30.6 Å². The highest BCUT2D eigenvalue weighted by atomic mass is 32.2. The average molecular weight is 429 g/mol. The number of rotatable bonds is 6. The van der Waals surface area contributed by atoms with Crippen LogP contribution in [0.5, 0.6) is 0 Å². The Morgan fingerprint density at radius 3 is 2.52 bits per heavy atom. The van der Waals surface area contributed by atoms with Gasteiger partial charge in [0.1, 0.15) is 10.1 Å². The molecule has 1 N–H and O–H groups in total. The molecule has 0 atom stereocenters. The molecule has 1 aliphatic heterocycles. The fraction of sp³-hybridized carbons (Fsp3) is 0.143. The van der Waals surface area contributed by atoms with Gasteiger partial charge in [-0.15, -0.1) is 0 Å². The number of thiocarbonyl (C=S) groups is 1. The zero-order valence-electron chi connectivity index (χ0n) is 15.5. The molecule has 0 aliphatic carbocycles. The van der Waals surface area contributed by atoms with Crippen molar-refractivity contribution in [2.75, 3.05) is 11.9 Å². The predicted molar refractivity (Wildman–Crippen MR) is 116 cm³/mol. The Balaban J connectivity index is 1.59. The van der Waals surface area contributed by atoms with Crippen molar-refractivity contribution in [1.82, 2.24) is 4.90 Å². The summed E-state index contributed by atoms with van der Waals surface area (Å²) >= 11 is 6.32. The molecule has 2 aromatic carbocycles. The largest absolute Gasteiger partial charge is 0.326 e. The number of hydrogen-bond donors (Lipinski definition) is 1. The van der Waals surface area contributed by atoms with Crippen molar-refractivity contribution in [3.05, 3.63) is 70.4 Å². The van der Waals surface area contributed by atoms with Crippen LogP contribution >= 0.6 is 24.0 Å². The fourth-order valence-corrected chi connectivity index (χ4v) is 3.95. The molecule has 0 radical (unpaired) electrons. The van der Waals surface area contributed by atoms with Crippen LogP contribution in [0, 0.1) is 5.82 Å². The highest BCUT2D eigenvalue weighted by Crippen LogP contribution is 2.33. The van der Waals surface area contributed by atoms with E-state index in [9.17, 15) is 18.8 Å². The number of amides is 2. The Kier molecular flexibility index (Phi) is 6.56. The normalized spacial score (nSPS) is 15.1. The second kappa shape index (κ2) is 9.11. The van der Waals surface area contributed by atoms with E-state index >= 15 is 0 Å². The lowest BCUT2D eigenvalue weighted by molar-refractivity contribution is -0.122. The second-order valence-electron chi connectivity index (χ2n) is 6.29. The number of hydrogen-bond acceptors (Lipinski definition) is 5. The Hall–Kier alpha value is -2.84. The number of thioether (sulfide) groups is 1. The highest BCUT2D eigenvalue weighted by molar-refractivity contribution is 8.26. The molecule has 2 amide bonds. The molecule has 0 saturated carbocycles. The second-order valence-corrected chi connectivity index (χ2v) is 7.96. The molecule has 1 fully saturated rings. The van der Waals surface area contributed by atoms with E-state index in [4.69, 9.17) is 12.2 Å². The average Bonchev–Trinajstić information content (AvgIpc) is 2.95. The molecule has 1 heterocycles. The van der Waals surface area contributed by atoms with Crippen LogP contribution in [0.1, 0.15) is 29.3 Å². The van der Waals surface area contributed by atoms with Crippen molar-refractivity contribution in [3.63, 3.8) is 0 Å². The summed E-state index contributed by atoms with van der Waals surface area (Å²) in [7, 11) is 0. The van der Waals surface area contributed by atoms with E-state index in [1.54, 1.807) is 42.5 Å². The summed E-state index contributed by atoms with van der Waals surface area (Å²) in [6.45, 7) is 1.59. The van der Waals surface area contributed by atoms with E-state index < -0.39 is 5.82 Å². The maximum atomic E-state index is 13.8. The van der Waals surface area contributed by atoms with Gasteiger partial charge in [-0.1, -0.05) is 42.2 Å². The summed E-state index contributed by atoms with van der Waals surface area (Å²) in [5, 5.41) is 2.72. The van der Waals surface area contributed by atoms with Crippen molar-refractivity contribution in [2.45, 2.75) is 13.3 Å². The summed E-state index contributed by atoms with van der Waals surface area (Å²) in [5.41, 5.74) is 1.42. The van der Waals surface area contributed by atoms with Crippen LogP contribution in [0.2, 0.25) is 0 Å². The van der Waals surface area contributed by atoms with Gasteiger partial charge in [-0.2, -0.15) is 0 Å². The van der Waals surface area contributed by atoms with Gasteiger partial charge in [-0.25, -0.2) is 4.39 Å². The smallest absolute Gasteiger partial charge is 0.266 e. The first-order chi connectivity index (χ1) is 13.8. The van der Waals surface area contributed by atoms with E-state index in [1.165, 1.54) is 24.0 Å². The molecule has 1 saturated heterocycles. The van der Waals surface area contributed by atoms with E-state index in [0.29, 0.717) is 26.0 Å². The molecule has 29 heavy (non-hydrogen) atoms. The number of Topliss-reactive ketones (excluding diaryl/α,β-unsaturated/α-hetero) is 1. The molecule has 148 valence electrons. The minimum atomic E-state index is -0.423. The Morgan fingerprint density at radius 1 is 1.17 bits per heavy atom. The number of benzene rings is 2. The fourth-order valence-electron chi connectivity index (χ4n) is 2.65. The van der Waals surface area contributed by atoms with Crippen molar-refractivity contribution in [3.8, 4) is 0 Å². The van der Waals surface area contributed by atoms with Crippen LogP contribution in [-0.2, 0) is 9.59 Å². The highest BCUT2D eigenvalue weighted by Gasteiger charge is 2.32. The molecule has 0 aromatic heterocycles. The molecular formula is C21H17FN2O3S2. The Bertz CT molecular complexity index is 1020. The third-order valence-electron chi connectivity index (χ3n) is 4.20. The molecule has 0 bridgehead atoms. The molecule has 5 nitrogen and oxygen atoms in total. The van der Waals surface area contributed by atoms with E-state index in [1.807, 2.05) is 0 Å². The first-order valence-electron chi connectivity index (χ1n) is 8.76. The van der Waals surface area contributed by atoms with E-state index in [0.717, 1.165) is 11.8 Å². The lowest BCUT2D eigenvalue weighted by Gasteiger charge is -2.14. The number of nitrogens with zero attached hydrogens (tertiary/aromatic N) is 1. The number of nitrogens with one attached hydrogen (secondary N) is 1. The lowest BCUT2D eigenvalue weighted by Crippen LogP contribution is -2.31. The summed E-state index contributed by atoms with van der Waals surface area (Å²) in [6.07, 6.45) is 1.51. The van der Waals surface area contributed by atoms with Gasteiger partial charge in [0.2, 0.25) is 5.91 Å². The Morgan fingerprint density at radius 2 is 1.86 bits per heavy atom. The first-order valence-corrected chi connectivity index (χ1v) is 9.98. The van der Waals surface area contributed by atoms with Gasteiger partial charge in [0.15, 0.2) is 5.78 Å². The van der Waals surface area contributed by atoms with Gasteiger partial charge in [0.05, 0.1) is 4.91 Å². The van der Waals surface area contributed by atoms with Crippen molar-refractivity contribution >= 4 is 57.7 Å². The molecule has 3 rings (SSSR count). The monoisotopic (exact) mass is 428 g/mol. The molecular weight excluding hydrogens is 411 g/mol. The SMILES string of the molecule is CC(=O)c1ccc(NC(=O)CCN2C(=O)C(=Cc3ccccc3F)SC2=S)cc1. The topological polar surface area (TPSA) is 66.5 Å². The third kappa shape index (κ3) is 5.16. The number of carbonyl (C=O) groups is 3. The number of ketones is 1. The van der Waals surface area contributed by atoms with Crippen LogP contribution < -0.4 is 5.32 Å². The standard InChI is InChI=1S/C21H17FN2O3S2/c1-13(25)14-6-8-16(9-7-14)23-19(26)10-11-24-20(27)18(29-21(24)28)12-15-4-2-3-5-17(15)22/h2-9,12H,10-11H2,1H3,(H,23,26). The van der Waals surface area contributed by atoms with Crippen molar-refractivity contribution in [2.24, 2.45) is 0 Å². The molecule has 0 unspecified atom stereocenters. The van der Waals surface area contributed by atoms with Gasteiger partial charge in [0, 0.05) is 29.8 Å². The van der Waals surface area contributed by atoms with Gasteiger partial charge in [-0.05, 0) is 43.3 Å². The molecule has 1 aliphatic rings. The summed E-state index contributed by atoms with van der Waals surface area (Å²) in [6, 6.07) is 12.7. The maximum Gasteiger partial charge on any atom is 0.266 e. The molecule has 0 spiro atoms. The van der Waals surface area contributed by atoms with Gasteiger partial charge < -0.3 is 5.32 Å². The molecule has 2 aromatic rings. The van der Waals surface area contributed by atoms with Gasteiger partial charge in [0.25, 0.3) is 5.91 Å². The zero-order valence-corrected chi connectivity index (χ0v) is 17.1. The van der Waals surface area contributed by atoms with Crippen LogP contribution in [0.4, 0.5) is 10.1 Å². The van der Waals surface area contributed by atoms with Crippen LogP contribution in [0.15, 0.2) is 53.4 Å². The first kappa shape index (κ1) is 20.9. The van der Waals surface area contributed by atoms with Crippen molar-refractivity contribution in [1.29, 1.82) is 0 Å². The predicted octanol–water partition coefficient (Wildman–Crippen LogP) is 4.26. The molecule has 8 heteroatoms. The quantitative estimate of drug-likeness (QED) is 0.423. The van der Waals surface area contributed by atoms with Crippen LogP contribution in [0.3, 0.4) is 0 Å². The maximum absolute atomic E-state index is 13.8. The van der Waals surface area contributed by atoms with Crippen LogP contribution in [-0.4, -0.2) is 33.4 Å². The minimum Gasteiger partial charge on any atom is -0.326 e. The zero-order chi connectivity index (χ0) is 21.0. The van der Waals surface area contributed by atoms with Crippen molar-refractivity contribution < 1.29 is 18.8 Å². The minimum absolute atomic E-state index is 0.0495. The lowest BCUT2D eigenvalue weighted by atomic mass is 10.1. The summed E-state index contributed by atoms with van der Waals surface area (Å²) in [4.78, 5) is 37.7. The van der Waals surface area contributed by atoms with Gasteiger partial charge in [-0.3, -0.25) is 19.3 Å². The van der Waals surface area contributed by atoms with Crippen LogP contribution in [0.25, 0.3) is 6.08 Å². The number of anilines is 1. The summed E-state index contributed by atoms with van der Waals surface area (Å²) < 4.78 is 14.1. The number of carbonyl (C=O) groups excluding carboxylic acids is 3. The number of halogens is 1. The third-order valence-corrected chi connectivity index (χ3v) is 5.58.